The first kappa shape index (κ1) is 16.2. The molecular weight excluding hydrogens is 278 g/mol. The summed E-state index contributed by atoms with van der Waals surface area (Å²) >= 11 is 0. The summed E-state index contributed by atoms with van der Waals surface area (Å²) in [5.74, 6) is -2.79. The van der Waals surface area contributed by atoms with Crippen LogP contribution >= 0.6 is 0 Å². The predicted molar refractivity (Wildman–Crippen MR) is 72.6 cm³/mol. The van der Waals surface area contributed by atoms with Crippen molar-refractivity contribution in [2.24, 2.45) is 0 Å². The van der Waals surface area contributed by atoms with Crippen LogP contribution in [0.25, 0.3) is 0 Å². The summed E-state index contributed by atoms with van der Waals surface area (Å²) in [7, 11) is 1.33. The normalized spacial score (nSPS) is 10.8. The van der Waals surface area contributed by atoms with Crippen LogP contribution in [0.1, 0.15) is 5.56 Å². The molecule has 0 aliphatic heterocycles. The van der Waals surface area contributed by atoms with Crippen molar-refractivity contribution in [2.45, 2.75) is 6.61 Å². The van der Waals surface area contributed by atoms with Crippen LogP contribution in [0.2, 0.25) is 0 Å². The van der Waals surface area contributed by atoms with Crippen molar-refractivity contribution in [1.82, 2.24) is 4.90 Å². The van der Waals surface area contributed by atoms with E-state index in [9.17, 15) is 14.4 Å². The number of carbonyl (C=O) groups is 3. The average molecular weight is 293 g/mol. The zero-order valence-corrected chi connectivity index (χ0v) is 11.4. The van der Waals surface area contributed by atoms with Crippen molar-refractivity contribution in [1.29, 1.82) is 0 Å². The Bertz CT molecular complexity index is 552. The monoisotopic (exact) mass is 293 g/mol. The van der Waals surface area contributed by atoms with Gasteiger partial charge in [-0.25, -0.2) is 14.4 Å². The molecule has 1 aromatic rings. The van der Waals surface area contributed by atoms with Crippen LogP contribution in [0.5, 0.6) is 0 Å². The second-order valence-corrected chi connectivity index (χ2v) is 4.21. The van der Waals surface area contributed by atoms with Crippen LogP contribution in [0, 0.1) is 0 Å². The van der Waals surface area contributed by atoms with E-state index < -0.39 is 23.6 Å². The fraction of sp³-hybridized carbons (Fsp3) is 0.214. The Morgan fingerprint density at radius 1 is 1.19 bits per heavy atom. The zero-order chi connectivity index (χ0) is 15.8. The van der Waals surface area contributed by atoms with Gasteiger partial charge in [-0.1, -0.05) is 30.3 Å². The lowest BCUT2D eigenvalue weighted by Crippen LogP contribution is -2.31. The van der Waals surface area contributed by atoms with Crippen LogP contribution in [-0.2, 0) is 20.9 Å². The molecule has 0 heterocycles. The van der Waals surface area contributed by atoms with Gasteiger partial charge >= 0.3 is 18.0 Å². The van der Waals surface area contributed by atoms with Gasteiger partial charge in [0.05, 0.1) is 12.1 Å². The highest BCUT2D eigenvalue weighted by atomic mass is 16.6. The molecule has 0 saturated heterocycles. The lowest BCUT2D eigenvalue weighted by atomic mass is 10.2. The van der Waals surface area contributed by atoms with Gasteiger partial charge in [-0.3, -0.25) is 0 Å². The van der Waals surface area contributed by atoms with Gasteiger partial charge in [0.25, 0.3) is 0 Å². The smallest absolute Gasteiger partial charge is 0.410 e. The van der Waals surface area contributed by atoms with Crippen LogP contribution < -0.4 is 0 Å². The van der Waals surface area contributed by atoms with Crippen LogP contribution in [0.15, 0.2) is 42.0 Å². The largest absolute Gasteiger partial charge is 0.478 e. The number of carbonyl (C=O) groups excluding carboxylic acids is 1. The maximum absolute atomic E-state index is 11.7. The number of likely N-dealkylation sites (N-methyl/N-ethyl adjacent to an activating group) is 1. The number of aliphatic carboxylic acids is 2. The molecule has 0 aromatic heterocycles. The summed E-state index contributed by atoms with van der Waals surface area (Å²) in [4.78, 5) is 34.1. The highest BCUT2D eigenvalue weighted by Crippen LogP contribution is 2.04. The van der Waals surface area contributed by atoms with Gasteiger partial charge in [-0.2, -0.15) is 0 Å². The molecule has 1 amide bonds. The van der Waals surface area contributed by atoms with Crippen molar-refractivity contribution in [3.8, 4) is 0 Å². The van der Waals surface area contributed by atoms with Crippen molar-refractivity contribution >= 4 is 18.0 Å². The van der Waals surface area contributed by atoms with Gasteiger partial charge in [0.1, 0.15) is 6.61 Å². The Balaban J connectivity index is 2.57. The summed E-state index contributed by atoms with van der Waals surface area (Å²) in [5, 5.41) is 17.4. The minimum absolute atomic E-state index is 0.0507. The fourth-order valence-electron chi connectivity index (χ4n) is 1.47. The summed E-state index contributed by atoms with van der Waals surface area (Å²) in [6.07, 6.45) is -0.195. The van der Waals surface area contributed by atoms with E-state index in [0.717, 1.165) is 10.5 Å². The Hall–Kier alpha value is -2.83. The van der Waals surface area contributed by atoms with E-state index in [0.29, 0.717) is 6.08 Å². The molecule has 0 spiro atoms. The Labute approximate surface area is 121 Å². The number of carboxylic acid groups (broad SMARTS) is 2. The van der Waals surface area contributed by atoms with Gasteiger partial charge in [0.15, 0.2) is 0 Å². The number of benzene rings is 1. The Morgan fingerprint density at radius 3 is 2.33 bits per heavy atom. The highest BCUT2D eigenvalue weighted by molar-refractivity contribution is 5.95. The van der Waals surface area contributed by atoms with E-state index in [2.05, 4.69) is 0 Å². The molecule has 0 aliphatic rings. The average Bonchev–Trinajstić information content (AvgIpc) is 2.44. The maximum Gasteiger partial charge on any atom is 0.410 e. The second kappa shape index (κ2) is 7.68. The molecule has 1 aromatic carbocycles. The molecule has 1 rings (SSSR count). The Kier molecular flexibility index (Phi) is 5.94. The van der Waals surface area contributed by atoms with Gasteiger partial charge < -0.3 is 19.8 Å². The number of carboxylic acids is 2. The van der Waals surface area contributed by atoms with Gasteiger partial charge in [0, 0.05) is 13.1 Å². The van der Waals surface area contributed by atoms with Crippen LogP contribution in [-0.4, -0.2) is 46.7 Å². The second-order valence-electron chi connectivity index (χ2n) is 4.21. The molecule has 0 saturated carbocycles. The first-order chi connectivity index (χ1) is 9.90. The first-order valence-electron chi connectivity index (χ1n) is 5.98. The van der Waals surface area contributed by atoms with Crippen molar-refractivity contribution in [2.75, 3.05) is 13.6 Å². The molecule has 0 bridgehead atoms. The third kappa shape index (κ3) is 5.77. The summed E-state index contributed by atoms with van der Waals surface area (Å²) in [5.41, 5.74) is 0.375. The minimum atomic E-state index is -1.40. The van der Waals surface area contributed by atoms with E-state index in [1.165, 1.54) is 7.05 Å². The van der Waals surface area contributed by atoms with E-state index in [1.807, 2.05) is 6.07 Å². The number of amides is 1. The molecule has 112 valence electrons. The van der Waals surface area contributed by atoms with Gasteiger partial charge in [-0.05, 0) is 5.56 Å². The van der Waals surface area contributed by atoms with E-state index >= 15 is 0 Å². The number of hydrogen-bond donors (Lipinski definition) is 2. The van der Waals surface area contributed by atoms with E-state index in [1.54, 1.807) is 24.3 Å². The lowest BCUT2D eigenvalue weighted by Gasteiger charge is -2.17. The molecule has 0 atom stereocenters. The first-order valence-corrected chi connectivity index (χ1v) is 5.98. The molecule has 2 N–H and O–H groups in total. The molecule has 7 heteroatoms. The predicted octanol–water partition coefficient (Wildman–Crippen LogP) is 1.35. The number of ether oxygens (including phenoxy) is 1. The van der Waals surface area contributed by atoms with Gasteiger partial charge in [-0.15, -0.1) is 0 Å². The molecule has 7 nitrogen and oxygen atoms in total. The fourth-order valence-corrected chi connectivity index (χ4v) is 1.47. The minimum Gasteiger partial charge on any atom is -0.478 e. The van der Waals surface area contributed by atoms with Crippen molar-refractivity contribution < 1.29 is 29.3 Å². The topological polar surface area (TPSA) is 104 Å². The van der Waals surface area contributed by atoms with Crippen LogP contribution in [0.4, 0.5) is 4.79 Å². The third-order valence-electron chi connectivity index (χ3n) is 2.50. The Morgan fingerprint density at radius 2 is 1.81 bits per heavy atom. The summed E-state index contributed by atoms with van der Waals surface area (Å²) in [6, 6.07) is 8.98. The SMILES string of the molecule is CN(CC(=CC(=O)O)C(=O)O)C(=O)OCc1ccccc1. The van der Waals surface area contributed by atoms with Gasteiger partial charge in [0.2, 0.25) is 0 Å². The molecule has 0 aliphatic carbocycles. The number of rotatable bonds is 6. The summed E-state index contributed by atoms with van der Waals surface area (Å²) in [6.45, 7) is -0.315. The zero-order valence-electron chi connectivity index (χ0n) is 11.4. The number of nitrogens with zero attached hydrogens (tertiary/aromatic N) is 1. The van der Waals surface area contributed by atoms with E-state index in [4.69, 9.17) is 14.9 Å². The highest BCUT2D eigenvalue weighted by Gasteiger charge is 2.17. The third-order valence-corrected chi connectivity index (χ3v) is 2.50. The standard InChI is InChI=1S/C14H15NO6/c1-15(8-11(13(18)19)7-12(16)17)14(20)21-9-10-5-3-2-4-6-10/h2-7H,8-9H2,1H3,(H,16,17)(H,18,19). The maximum atomic E-state index is 11.7. The van der Waals surface area contributed by atoms with Crippen molar-refractivity contribution in [3.05, 3.63) is 47.5 Å². The van der Waals surface area contributed by atoms with Crippen LogP contribution in [0.3, 0.4) is 0 Å². The lowest BCUT2D eigenvalue weighted by molar-refractivity contribution is -0.135. The molecule has 0 unspecified atom stereocenters. The summed E-state index contributed by atoms with van der Waals surface area (Å²) < 4.78 is 4.99. The van der Waals surface area contributed by atoms with E-state index in [-0.39, 0.29) is 13.2 Å². The molecular formula is C14H15NO6. The molecule has 21 heavy (non-hydrogen) atoms. The molecule has 0 fully saturated rings. The van der Waals surface area contributed by atoms with Crippen molar-refractivity contribution in [3.63, 3.8) is 0 Å². The molecule has 0 radical (unpaired) electrons. The quantitative estimate of drug-likeness (QED) is 0.767. The number of hydrogen-bond acceptors (Lipinski definition) is 4.